The Morgan fingerprint density at radius 2 is 1.79 bits per heavy atom. The minimum absolute atomic E-state index is 0.178. The van der Waals surface area contributed by atoms with Crippen LogP contribution >= 0.6 is 23.1 Å². The van der Waals surface area contributed by atoms with Gasteiger partial charge in [0.15, 0.2) is 0 Å². The maximum atomic E-state index is 13.0. The van der Waals surface area contributed by atoms with E-state index in [1.807, 2.05) is 47.8 Å². The zero-order valence-electron chi connectivity index (χ0n) is 16.1. The lowest BCUT2D eigenvalue weighted by atomic mass is 10.2. The molecule has 2 heterocycles. The Bertz CT molecular complexity index is 816. The van der Waals surface area contributed by atoms with Crippen molar-refractivity contribution in [3.05, 3.63) is 63.2 Å². The van der Waals surface area contributed by atoms with Gasteiger partial charge in [-0.2, -0.15) is 0 Å². The highest BCUT2D eigenvalue weighted by Crippen LogP contribution is 2.39. The van der Waals surface area contributed by atoms with E-state index < -0.39 is 0 Å². The van der Waals surface area contributed by atoms with Crippen LogP contribution in [0.3, 0.4) is 0 Å². The first-order chi connectivity index (χ1) is 13.7. The largest absolute Gasteiger partial charge is 0.381 e. The standard InChI is InChI=1S/C22H25NO3S2/c1-2-3-13-26-14-8-12-23-21(24)19(18-11-7-15-27-18)20(22(23)25)28-16-17-9-5-4-6-10-17/h4-7,9-11,15H,2-3,8,12-14,16H2,1H3. The summed E-state index contributed by atoms with van der Waals surface area (Å²) in [4.78, 5) is 28.8. The highest BCUT2D eigenvalue weighted by atomic mass is 32.2. The lowest BCUT2D eigenvalue weighted by Gasteiger charge is -2.15. The third kappa shape index (κ3) is 5.13. The van der Waals surface area contributed by atoms with Crippen molar-refractivity contribution in [1.29, 1.82) is 0 Å². The fourth-order valence-electron chi connectivity index (χ4n) is 2.93. The summed E-state index contributed by atoms with van der Waals surface area (Å²) in [5, 5.41) is 1.93. The summed E-state index contributed by atoms with van der Waals surface area (Å²) in [7, 11) is 0. The van der Waals surface area contributed by atoms with E-state index in [0.717, 1.165) is 29.9 Å². The fourth-order valence-corrected chi connectivity index (χ4v) is 4.84. The first kappa shape index (κ1) is 20.8. The number of hydrogen-bond donors (Lipinski definition) is 0. The summed E-state index contributed by atoms with van der Waals surface area (Å²) < 4.78 is 5.57. The molecule has 1 aromatic carbocycles. The topological polar surface area (TPSA) is 46.6 Å². The van der Waals surface area contributed by atoms with Gasteiger partial charge in [0.1, 0.15) is 0 Å². The minimum Gasteiger partial charge on any atom is -0.381 e. The quantitative estimate of drug-likeness (QED) is 0.384. The third-order valence-corrected chi connectivity index (χ3v) is 6.46. The molecule has 0 saturated heterocycles. The fraction of sp³-hybridized carbons (Fsp3) is 0.364. The number of carbonyl (C=O) groups is 2. The molecule has 4 nitrogen and oxygen atoms in total. The summed E-state index contributed by atoms with van der Waals surface area (Å²) in [6, 6.07) is 13.8. The van der Waals surface area contributed by atoms with E-state index in [2.05, 4.69) is 6.92 Å². The molecular formula is C22H25NO3S2. The number of carbonyl (C=O) groups excluding carboxylic acids is 2. The van der Waals surface area contributed by atoms with Gasteiger partial charge in [0.25, 0.3) is 11.8 Å². The molecule has 6 heteroatoms. The molecule has 1 aliphatic rings. The summed E-state index contributed by atoms with van der Waals surface area (Å²) in [6.45, 7) is 3.82. The van der Waals surface area contributed by atoms with Gasteiger partial charge in [0.2, 0.25) is 0 Å². The average molecular weight is 416 g/mol. The zero-order chi connectivity index (χ0) is 19.8. The Kier molecular flexibility index (Phi) is 7.89. The van der Waals surface area contributed by atoms with Crippen LogP contribution in [-0.2, 0) is 20.1 Å². The van der Waals surface area contributed by atoms with Crippen molar-refractivity contribution in [3.63, 3.8) is 0 Å². The van der Waals surface area contributed by atoms with Crippen molar-refractivity contribution < 1.29 is 14.3 Å². The molecule has 3 rings (SSSR count). The second-order valence-electron chi connectivity index (χ2n) is 6.54. The van der Waals surface area contributed by atoms with Crippen LogP contribution in [0.5, 0.6) is 0 Å². The van der Waals surface area contributed by atoms with Gasteiger partial charge in [-0.15, -0.1) is 23.1 Å². The van der Waals surface area contributed by atoms with Gasteiger partial charge in [-0.3, -0.25) is 14.5 Å². The highest BCUT2D eigenvalue weighted by molar-refractivity contribution is 8.03. The molecule has 0 N–H and O–H groups in total. The van der Waals surface area contributed by atoms with E-state index >= 15 is 0 Å². The number of ether oxygens (including phenoxy) is 1. The number of imide groups is 1. The number of nitrogens with zero attached hydrogens (tertiary/aromatic N) is 1. The second-order valence-corrected chi connectivity index (χ2v) is 8.47. The molecule has 0 radical (unpaired) electrons. The molecular weight excluding hydrogens is 390 g/mol. The van der Waals surface area contributed by atoms with E-state index in [-0.39, 0.29) is 11.8 Å². The van der Waals surface area contributed by atoms with Crippen LogP contribution in [0, 0.1) is 0 Å². The van der Waals surface area contributed by atoms with E-state index in [9.17, 15) is 9.59 Å². The summed E-state index contributed by atoms with van der Waals surface area (Å²) in [5.41, 5.74) is 1.68. The molecule has 0 bridgehead atoms. The monoisotopic (exact) mass is 415 g/mol. The summed E-state index contributed by atoms with van der Waals surface area (Å²) in [5.74, 6) is 0.303. The predicted molar refractivity (Wildman–Crippen MR) is 116 cm³/mol. The number of unbranched alkanes of at least 4 members (excludes halogenated alkanes) is 1. The van der Waals surface area contributed by atoms with E-state index in [4.69, 9.17) is 4.74 Å². The Balaban J connectivity index is 1.68. The van der Waals surface area contributed by atoms with Gasteiger partial charge in [-0.05, 0) is 29.9 Å². The first-order valence-corrected chi connectivity index (χ1v) is 11.5. The van der Waals surface area contributed by atoms with E-state index in [1.54, 1.807) is 0 Å². The van der Waals surface area contributed by atoms with Gasteiger partial charge in [0.05, 0.1) is 10.5 Å². The lowest BCUT2D eigenvalue weighted by Crippen LogP contribution is -2.33. The van der Waals surface area contributed by atoms with Gasteiger partial charge in [-0.25, -0.2) is 0 Å². The van der Waals surface area contributed by atoms with Crippen molar-refractivity contribution in [2.45, 2.75) is 31.9 Å². The molecule has 0 spiro atoms. The molecule has 28 heavy (non-hydrogen) atoms. The third-order valence-electron chi connectivity index (χ3n) is 4.43. The van der Waals surface area contributed by atoms with Gasteiger partial charge >= 0.3 is 0 Å². The van der Waals surface area contributed by atoms with Crippen LogP contribution < -0.4 is 0 Å². The molecule has 0 fully saturated rings. The minimum atomic E-state index is -0.184. The van der Waals surface area contributed by atoms with Crippen molar-refractivity contribution in [2.75, 3.05) is 19.8 Å². The second kappa shape index (κ2) is 10.6. The SMILES string of the molecule is CCCCOCCCN1C(=O)C(SCc2ccccc2)=C(c2cccs2)C1=O. The predicted octanol–water partition coefficient (Wildman–Crippen LogP) is 4.97. The smallest absolute Gasteiger partial charge is 0.268 e. The van der Waals surface area contributed by atoms with Crippen molar-refractivity contribution in [3.8, 4) is 0 Å². The Morgan fingerprint density at radius 3 is 2.50 bits per heavy atom. The van der Waals surface area contributed by atoms with Crippen molar-refractivity contribution in [1.82, 2.24) is 4.90 Å². The van der Waals surface area contributed by atoms with Crippen LogP contribution in [0.25, 0.3) is 5.57 Å². The number of thioether (sulfide) groups is 1. The van der Waals surface area contributed by atoms with Crippen molar-refractivity contribution in [2.24, 2.45) is 0 Å². The van der Waals surface area contributed by atoms with Crippen LogP contribution in [0.2, 0.25) is 0 Å². The number of amides is 2. The van der Waals surface area contributed by atoms with Gasteiger partial charge in [0, 0.05) is 30.4 Å². The molecule has 1 aromatic heterocycles. The van der Waals surface area contributed by atoms with E-state index in [0.29, 0.717) is 35.8 Å². The molecule has 148 valence electrons. The van der Waals surface area contributed by atoms with Crippen LogP contribution in [-0.4, -0.2) is 36.5 Å². The van der Waals surface area contributed by atoms with Gasteiger partial charge < -0.3 is 4.74 Å². The van der Waals surface area contributed by atoms with Crippen LogP contribution in [0.15, 0.2) is 52.7 Å². The number of thiophene rings is 1. The molecule has 2 aromatic rings. The number of hydrogen-bond acceptors (Lipinski definition) is 5. The first-order valence-electron chi connectivity index (χ1n) is 9.61. The summed E-state index contributed by atoms with van der Waals surface area (Å²) in [6.07, 6.45) is 2.79. The summed E-state index contributed by atoms with van der Waals surface area (Å²) >= 11 is 2.95. The Hall–Kier alpha value is -1.89. The average Bonchev–Trinajstić information content (AvgIpc) is 3.31. The zero-order valence-corrected chi connectivity index (χ0v) is 17.7. The maximum absolute atomic E-state index is 13.0. The molecule has 1 aliphatic heterocycles. The number of rotatable bonds is 11. The lowest BCUT2D eigenvalue weighted by molar-refractivity contribution is -0.136. The molecule has 0 unspecified atom stereocenters. The molecule has 2 amide bonds. The van der Waals surface area contributed by atoms with Gasteiger partial charge in [-0.1, -0.05) is 49.7 Å². The molecule has 0 saturated carbocycles. The van der Waals surface area contributed by atoms with Crippen LogP contribution in [0.1, 0.15) is 36.6 Å². The molecule has 0 aliphatic carbocycles. The number of benzene rings is 1. The Labute approximate surface area is 174 Å². The molecule has 0 atom stereocenters. The normalized spacial score (nSPS) is 14.4. The van der Waals surface area contributed by atoms with E-state index in [1.165, 1.54) is 28.0 Å². The van der Waals surface area contributed by atoms with Crippen LogP contribution in [0.4, 0.5) is 0 Å². The highest BCUT2D eigenvalue weighted by Gasteiger charge is 2.39. The Morgan fingerprint density at radius 1 is 1.00 bits per heavy atom. The maximum Gasteiger partial charge on any atom is 0.268 e. The van der Waals surface area contributed by atoms with Crippen molar-refractivity contribution >= 4 is 40.5 Å².